The van der Waals surface area contributed by atoms with Crippen molar-refractivity contribution in [3.8, 4) is 0 Å². The van der Waals surface area contributed by atoms with Gasteiger partial charge < -0.3 is 15.6 Å². The van der Waals surface area contributed by atoms with Crippen molar-refractivity contribution in [1.82, 2.24) is 4.90 Å². The zero-order chi connectivity index (χ0) is 19.2. The summed E-state index contributed by atoms with van der Waals surface area (Å²) in [4.78, 5) is 11.1. The second-order valence-corrected chi connectivity index (χ2v) is 5.53. The van der Waals surface area contributed by atoms with Gasteiger partial charge in [0, 0.05) is 44.8 Å². The second-order valence-electron chi connectivity index (χ2n) is 5.53. The fourth-order valence-corrected chi connectivity index (χ4v) is 2.46. The van der Waals surface area contributed by atoms with Crippen LogP contribution in [0, 0.1) is 11.6 Å². The molecule has 1 aromatic rings. The number of carboxylic acids is 1. The third-order valence-corrected chi connectivity index (χ3v) is 3.61. The van der Waals surface area contributed by atoms with Crippen molar-refractivity contribution >= 4 is 5.97 Å². The molecule has 1 heterocycles. The van der Waals surface area contributed by atoms with Gasteiger partial charge in [-0.15, -0.1) is 0 Å². The van der Waals surface area contributed by atoms with Crippen molar-refractivity contribution in [2.24, 2.45) is 5.73 Å². The molecule has 0 aliphatic carbocycles. The minimum atomic E-state index is -5.08. The molecule has 1 aliphatic rings. The average molecular weight is 370 g/mol. The van der Waals surface area contributed by atoms with E-state index in [9.17, 15) is 22.0 Å². The van der Waals surface area contributed by atoms with Gasteiger partial charge in [-0.3, -0.25) is 4.90 Å². The zero-order valence-corrected chi connectivity index (χ0v) is 13.4. The number of benzene rings is 1. The number of carbonyl (C=O) groups is 1. The van der Waals surface area contributed by atoms with E-state index in [0.29, 0.717) is 18.7 Å². The van der Waals surface area contributed by atoms with Crippen LogP contribution in [0.2, 0.25) is 0 Å². The summed E-state index contributed by atoms with van der Waals surface area (Å²) in [5, 5.41) is 7.12. The topological polar surface area (TPSA) is 75.8 Å². The van der Waals surface area contributed by atoms with E-state index in [1.807, 2.05) is 0 Å². The Bertz CT molecular complexity index is 563. The van der Waals surface area contributed by atoms with E-state index in [2.05, 4.69) is 4.90 Å². The monoisotopic (exact) mass is 370 g/mol. The Balaban J connectivity index is 0.000000381. The number of methoxy groups -OCH3 is 1. The van der Waals surface area contributed by atoms with Crippen LogP contribution in [0.5, 0.6) is 0 Å². The van der Waals surface area contributed by atoms with E-state index in [-0.39, 0.29) is 12.0 Å². The standard InChI is InChI=1S/C13H18F2N2O.C2HF3O2/c1-18-3-2-17-7-12(13(16)8-17)9-4-10(14)6-11(15)5-9;3-2(4,5)1(6)7/h4-6,12-13H,2-3,7-8,16H2,1H3;(H,6,7)/t12-,13+;/m0./s1. The molecule has 5 nitrogen and oxygen atoms in total. The molecular formula is C15H19F5N2O3. The van der Waals surface area contributed by atoms with Crippen LogP contribution in [-0.2, 0) is 9.53 Å². The third kappa shape index (κ3) is 6.92. The van der Waals surface area contributed by atoms with Crippen LogP contribution in [0.25, 0.3) is 0 Å². The molecule has 0 spiro atoms. The molecule has 0 radical (unpaired) electrons. The number of aliphatic carboxylic acids is 1. The summed E-state index contributed by atoms with van der Waals surface area (Å²) in [5.41, 5.74) is 6.68. The lowest BCUT2D eigenvalue weighted by molar-refractivity contribution is -0.192. The maximum Gasteiger partial charge on any atom is 0.490 e. The SMILES string of the molecule is COCCN1C[C@@H](N)[C@H](c2cc(F)cc(F)c2)C1.O=C(O)C(F)(F)F. The molecule has 25 heavy (non-hydrogen) atoms. The summed E-state index contributed by atoms with van der Waals surface area (Å²) >= 11 is 0. The van der Waals surface area contributed by atoms with Gasteiger partial charge in [0.1, 0.15) is 11.6 Å². The molecule has 0 aromatic heterocycles. The predicted octanol–water partition coefficient (Wildman–Crippen LogP) is 1.97. The van der Waals surface area contributed by atoms with Crippen molar-refractivity contribution < 1.29 is 36.6 Å². The van der Waals surface area contributed by atoms with Gasteiger partial charge in [-0.25, -0.2) is 13.6 Å². The number of hydrogen-bond donors (Lipinski definition) is 2. The number of nitrogens with two attached hydrogens (primary N) is 1. The van der Waals surface area contributed by atoms with E-state index in [0.717, 1.165) is 19.2 Å². The molecule has 0 unspecified atom stereocenters. The highest BCUT2D eigenvalue weighted by Gasteiger charge is 2.38. The van der Waals surface area contributed by atoms with Crippen molar-refractivity contribution in [2.45, 2.75) is 18.1 Å². The molecule has 0 amide bonds. The lowest BCUT2D eigenvalue weighted by Gasteiger charge is -2.15. The Labute approximate surface area is 141 Å². The van der Waals surface area contributed by atoms with Gasteiger partial charge in [0.25, 0.3) is 0 Å². The molecule has 1 saturated heterocycles. The van der Waals surface area contributed by atoms with Crippen molar-refractivity contribution in [3.63, 3.8) is 0 Å². The first-order valence-corrected chi connectivity index (χ1v) is 7.27. The third-order valence-electron chi connectivity index (χ3n) is 3.61. The summed E-state index contributed by atoms with van der Waals surface area (Å²) in [7, 11) is 1.65. The van der Waals surface area contributed by atoms with Crippen LogP contribution in [-0.4, -0.2) is 61.5 Å². The fourth-order valence-electron chi connectivity index (χ4n) is 2.46. The first kappa shape index (κ1) is 21.3. The van der Waals surface area contributed by atoms with Gasteiger partial charge in [-0.2, -0.15) is 13.2 Å². The van der Waals surface area contributed by atoms with Crippen LogP contribution in [0.15, 0.2) is 18.2 Å². The quantitative estimate of drug-likeness (QED) is 0.793. The predicted molar refractivity (Wildman–Crippen MR) is 79.1 cm³/mol. The summed E-state index contributed by atoms with van der Waals surface area (Å²) in [6.07, 6.45) is -5.08. The van der Waals surface area contributed by atoms with E-state index in [1.165, 1.54) is 12.1 Å². The Kier molecular flexibility index (Phi) is 7.71. The normalized spacial score (nSPS) is 20.9. The number of likely N-dealkylation sites (tertiary alicyclic amines) is 1. The number of carboxylic acid groups (broad SMARTS) is 1. The maximum absolute atomic E-state index is 13.2. The van der Waals surface area contributed by atoms with Crippen LogP contribution in [0.3, 0.4) is 0 Å². The highest BCUT2D eigenvalue weighted by molar-refractivity contribution is 5.73. The molecule has 1 aliphatic heterocycles. The smallest absolute Gasteiger partial charge is 0.475 e. The molecule has 2 rings (SSSR count). The number of rotatable bonds is 4. The van der Waals surface area contributed by atoms with Crippen LogP contribution >= 0.6 is 0 Å². The van der Waals surface area contributed by atoms with Crippen LogP contribution < -0.4 is 5.73 Å². The maximum atomic E-state index is 13.2. The fraction of sp³-hybridized carbons (Fsp3) is 0.533. The van der Waals surface area contributed by atoms with Gasteiger partial charge in [0.2, 0.25) is 0 Å². The molecule has 2 atom stereocenters. The Morgan fingerprint density at radius 1 is 1.28 bits per heavy atom. The Hall–Kier alpha value is -1.78. The van der Waals surface area contributed by atoms with Gasteiger partial charge in [0.15, 0.2) is 0 Å². The van der Waals surface area contributed by atoms with Gasteiger partial charge in [-0.05, 0) is 17.7 Å². The minimum Gasteiger partial charge on any atom is -0.475 e. The Morgan fingerprint density at radius 2 is 1.80 bits per heavy atom. The summed E-state index contributed by atoms with van der Waals surface area (Å²) in [6, 6.07) is 3.52. The van der Waals surface area contributed by atoms with Crippen molar-refractivity contribution in [1.29, 1.82) is 0 Å². The molecule has 1 aromatic carbocycles. The summed E-state index contributed by atoms with van der Waals surface area (Å²) in [6.45, 7) is 2.87. The van der Waals surface area contributed by atoms with Crippen LogP contribution in [0.1, 0.15) is 11.5 Å². The van der Waals surface area contributed by atoms with E-state index in [1.54, 1.807) is 7.11 Å². The average Bonchev–Trinajstić information content (AvgIpc) is 2.85. The number of ether oxygens (including phenoxy) is 1. The molecule has 0 bridgehead atoms. The van der Waals surface area contributed by atoms with Gasteiger partial charge >= 0.3 is 12.1 Å². The number of nitrogens with zero attached hydrogens (tertiary/aromatic N) is 1. The van der Waals surface area contributed by atoms with E-state index in [4.69, 9.17) is 20.4 Å². The molecule has 10 heteroatoms. The molecule has 0 saturated carbocycles. The lowest BCUT2D eigenvalue weighted by atomic mass is 9.95. The Morgan fingerprint density at radius 3 is 2.24 bits per heavy atom. The van der Waals surface area contributed by atoms with E-state index < -0.39 is 23.8 Å². The number of halogens is 5. The zero-order valence-electron chi connectivity index (χ0n) is 13.4. The second kappa shape index (κ2) is 9.07. The molecule has 1 fully saturated rings. The van der Waals surface area contributed by atoms with Gasteiger partial charge in [-0.1, -0.05) is 0 Å². The van der Waals surface area contributed by atoms with Crippen LogP contribution in [0.4, 0.5) is 22.0 Å². The summed E-state index contributed by atoms with van der Waals surface area (Å²) < 4.78 is 63.1. The molecular weight excluding hydrogens is 351 g/mol. The highest BCUT2D eigenvalue weighted by atomic mass is 19.4. The first-order chi connectivity index (χ1) is 11.5. The molecule has 3 N–H and O–H groups in total. The number of alkyl halides is 3. The molecule has 142 valence electrons. The highest BCUT2D eigenvalue weighted by Crippen LogP contribution is 2.27. The van der Waals surface area contributed by atoms with Crippen molar-refractivity contribution in [3.05, 3.63) is 35.4 Å². The van der Waals surface area contributed by atoms with E-state index >= 15 is 0 Å². The largest absolute Gasteiger partial charge is 0.490 e. The lowest BCUT2D eigenvalue weighted by Crippen LogP contribution is -2.30. The number of hydrogen-bond acceptors (Lipinski definition) is 4. The summed E-state index contributed by atoms with van der Waals surface area (Å²) in [5.74, 6) is -3.88. The van der Waals surface area contributed by atoms with Gasteiger partial charge in [0.05, 0.1) is 6.61 Å². The minimum absolute atomic E-state index is 0.0212. The van der Waals surface area contributed by atoms with Crippen molar-refractivity contribution in [2.75, 3.05) is 33.4 Å². The first-order valence-electron chi connectivity index (χ1n) is 7.27.